The third kappa shape index (κ3) is 5.72. The minimum absolute atomic E-state index is 0.184. The van der Waals surface area contributed by atoms with E-state index in [1.54, 1.807) is 12.1 Å². The Kier molecular flexibility index (Phi) is 8.37. The molecule has 6 nitrogen and oxygen atoms in total. The average Bonchev–Trinajstić information content (AvgIpc) is 2.78. The van der Waals surface area contributed by atoms with E-state index in [-0.39, 0.29) is 23.6 Å². The molecule has 2 N–H and O–H groups in total. The second-order valence-corrected chi connectivity index (χ2v) is 8.71. The third-order valence-electron chi connectivity index (χ3n) is 6.05. The first kappa shape index (κ1) is 23.9. The molecular weight excluding hydrogens is 404 g/mol. The van der Waals surface area contributed by atoms with Crippen LogP contribution in [0.15, 0.2) is 36.4 Å². The van der Waals surface area contributed by atoms with Gasteiger partial charge in [0, 0.05) is 48.7 Å². The van der Waals surface area contributed by atoms with Crippen molar-refractivity contribution in [2.45, 2.75) is 65.5 Å². The number of rotatable bonds is 10. The second kappa shape index (κ2) is 11.2. The molecule has 0 saturated carbocycles. The number of nitrogens with zero attached hydrogens (tertiary/aromatic N) is 2. The summed E-state index contributed by atoms with van der Waals surface area (Å²) in [5.41, 5.74) is 2.12. The minimum atomic E-state index is 0.184. The average molecular weight is 443 g/mol. The predicted octanol–water partition coefficient (Wildman–Crippen LogP) is 5.56. The first-order valence-electron chi connectivity index (χ1n) is 11.9. The Morgan fingerprint density at radius 3 is 1.53 bits per heavy atom. The van der Waals surface area contributed by atoms with E-state index in [0.717, 1.165) is 50.1 Å². The molecule has 3 rings (SSSR count). The Labute approximate surface area is 192 Å². The van der Waals surface area contributed by atoms with E-state index in [1.807, 2.05) is 24.3 Å². The molecule has 1 aliphatic heterocycles. The van der Waals surface area contributed by atoms with Crippen LogP contribution in [0.5, 0.6) is 23.0 Å². The summed E-state index contributed by atoms with van der Waals surface area (Å²) in [4.78, 5) is 4.73. The zero-order valence-corrected chi connectivity index (χ0v) is 19.9. The lowest BCUT2D eigenvalue weighted by Gasteiger charge is -2.46. The first-order chi connectivity index (χ1) is 15.4. The lowest BCUT2D eigenvalue weighted by Crippen LogP contribution is -2.56. The zero-order valence-electron chi connectivity index (χ0n) is 19.9. The topological polar surface area (TPSA) is 65.4 Å². The predicted molar refractivity (Wildman–Crippen MR) is 131 cm³/mol. The van der Waals surface area contributed by atoms with E-state index in [9.17, 15) is 10.2 Å². The maximum atomic E-state index is 10.2. The molecule has 32 heavy (non-hydrogen) atoms. The summed E-state index contributed by atoms with van der Waals surface area (Å²) in [6.45, 7) is 11.6. The van der Waals surface area contributed by atoms with Gasteiger partial charge in [-0.1, -0.05) is 26.7 Å². The van der Waals surface area contributed by atoms with Gasteiger partial charge in [-0.3, -0.25) is 0 Å². The van der Waals surface area contributed by atoms with Crippen molar-refractivity contribution in [3.05, 3.63) is 36.4 Å². The fourth-order valence-electron chi connectivity index (χ4n) is 4.09. The lowest BCUT2D eigenvalue weighted by atomic mass is 10.1. The highest BCUT2D eigenvalue weighted by atomic mass is 16.5. The van der Waals surface area contributed by atoms with Gasteiger partial charge >= 0.3 is 0 Å². The van der Waals surface area contributed by atoms with Gasteiger partial charge in [0.05, 0.1) is 13.2 Å². The number of ether oxygens (including phenoxy) is 2. The molecule has 0 bridgehead atoms. The second-order valence-electron chi connectivity index (χ2n) is 8.71. The van der Waals surface area contributed by atoms with Crippen molar-refractivity contribution in [1.29, 1.82) is 0 Å². The molecule has 2 unspecified atom stereocenters. The molecule has 1 heterocycles. The molecule has 1 saturated heterocycles. The molecule has 0 radical (unpaired) electrons. The number of benzene rings is 2. The van der Waals surface area contributed by atoms with Crippen LogP contribution in [0.2, 0.25) is 0 Å². The van der Waals surface area contributed by atoms with Crippen LogP contribution in [-0.4, -0.2) is 48.6 Å². The minimum Gasteiger partial charge on any atom is -0.504 e. The van der Waals surface area contributed by atoms with E-state index < -0.39 is 0 Å². The highest BCUT2D eigenvalue weighted by Crippen LogP contribution is 2.36. The molecule has 2 aromatic rings. The molecule has 6 heteroatoms. The van der Waals surface area contributed by atoms with Crippen LogP contribution in [0.1, 0.15) is 53.4 Å². The maximum Gasteiger partial charge on any atom is 0.162 e. The first-order valence-corrected chi connectivity index (χ1v) is 11.9. The Balaban J connectivity index is 1.73. The molecule has 0 amide bonds. The van der Waals surface area contributed by atoms with Crippen molar-refractivity contribution >= 4 is 11.4 Å². The summed E-state index contributed by atoms with van der Waals surface area (Å²) in [7, 11) is 0. The molecule has 1 aliphatic rings. The summed E-state index contributed by atoms with van der Waals surface area (Å²) in [5, 5.41) is 20.4. The summed E-state index contributed by atoms with van der Waals surface area (Å²) in [5.74, 6) is 1.46. The quantitative estimate of drug-likeness (QED) is 0.470. The molecule has 0 aromatic heterocycles. The van der Waals surface area contributed by atoms with Crippen molar-refractivity contribution in [1.82, 2.24) is 0 Å². The van der Waals surface area contributed by atoms with Crippen LogP contribution in [0.3, 0.4) is 0 Å². The highest BCUT2D eigenvalue weighted by Gasteiger charge is 2.30. The highest BCUT2D eigenvalue weighted by molar-refractivity contribution is 5.61. The van der Waals surface area contributed by atoms with Gasteiger partial charge in [-0.2, -0.15) is 0 Å². The number of hydrogen-bond donors (Lipinski definition) is 2. The Morgan fingerprint density at radius 1 is 0.750 bits per heavy atom. The van der Waals surface area contributed by atoms with Crippen molar-refractivity contribution in [2.75, 3.05) is 36.1 Å². The van der Waals surface area contributed by atoms with Crippen LogP contribution >= 0.6 is 0 Å². The maximum absolute atomic E-state index is 10.2. The molecule has 176 valence electrons. The normalized spacial score (nSPS) is 18.6. The van der Waals surface area contributed by atoms with Crippen molar-refractivity contribution in [3.8, 4) is 23.0 Å². The van der Waals surface area contributed by atoms with Crippen LogP contribution in [0, 0.1) is 0 Å². The van der Waals surface area contributed by atoms with Crippen LogP contribution in [0.25, 0.3) is 0 Å². The summed E-state index contributed by atoms with van der Waals surface area (Å²) >= 11 is 0. The van der Waals surface area contributed by atoms with Crippen LogP contribution < -0.4 is 19.3 Å². The van der Waals surface area contributed by atoms with Gasteiger partial charge < -0.3 is 29.5 Å². The lowest BCUT2D eigenvalue weighted by molar-refractivity contribution is 0.292. The van der Waals surface area contributed by atoms with Crippen LogP contribution in [0.4, 0.5) is 11.4 Å². The van der Waals surface area contributed by atoms with Gasteiger partial charge in [0.25, 0.3) is 0 Å². The smallest absolute Gasteiger partial charge is 0.162 e. The van der Waals surface area contributed by atoms with E-state index in [1.165, 1.54) is 0 Å². The SMILES string of the molecule is CCCCOc1cc(N2CC(C)N(c3ccc(O)c(OCCCC)c3)CC2C)ccc1O. The number of hydrogen-bond acceptors (Lipinski definition) is 6. The number of phenols is 2. The Hall–Kier alpha value is -2.76. The number of piperazine rings is 1. The van der Waals surface area contributed by atoms with Crippen molar-refractivity contribution in [2.24, 2.45) is 0 Å². The van der Waals surface area contributed by atoms with E-state index in [0.29, 0.717) is 24.7 Å². The monoisotopic (exact) mass is 442 g/mol. The van der Waals surface area contributed by atoms with Gasteiger partial charge in [-0.15, -0.1) is 0 Å². The van der Waals surface area contributed by atoms with Crippen molar-refractivity contribution < 1.29 is 19.7 Å². The molecule has 1 fully saturated rings. The Bertz CT molecular complexity index is 801. The van der Waals surface area contributed by atoms with E-state index in [4.69, 9.17) is 9.47 Å². The van der Waals surface area contributed by atoms with Gasteiger partial charge in [0.15, 0.2) is 23.0 Å². The largest absolute Gasteiger partial charge is 0.504 e. The zero-order chi connectivity index (χ0) is 23.1. The number of phenolic OH excluding ortho intramolecular Hbond substituents is 2. The molecule has 2 aromatic carbocycles. The summed E-state index contributed by atoms with van der Waals surface area (Å²) < 4.78 is 11.6. The van der Waals surface area contributed by atoms with Gasteiger partial charge in [-0.05, 0) is 51.0 Å². The Morgan fingerprint density at radius 2 is 1.16 bits per heavy atom. The number of anilines is 2. The fourth-order valence-corrected chi connectivity index (χ4v) is 4.09. The van der Waals surface area contributed by atoms with Gasteiger partial charge in [0.1, 0.15) is 0 Å². The van der Waals surface area contributed by atoms with E-state index >= 15 is 0 Å². The van der Waals surface area contributed by atoms with E-state index in [2.05, 4.69) is 37.5 Å². The van der Waals surface area contributed by atoms with Crippen LogP contribution in [-0.2, 0) is 0 Å². The molecule has 2 atom stereocenters. The summed E-state index contributed by atoms with van der Waals surface area (Å²) in [6, 6.07) is 11.8. The standard InChI is InChI=1S/C26H38N2O4/c1-5-7-13-31-25-15-21(9-11-23(25)29)27-17-20(4)28(18-19(27)3)22-10-12-24(30)26(16-22)32-14-8-6-2/h9-12,15-16,19-20,29-30H,5-8,13-14,17-18H2,1-4H3. The summed E-state index contributed by atoms with van der Waals surface area (Å²) in [6.07, 6.45) is 4.04. The van der Waals surface area contributed by atoms with Gasteiger partial charge in [-0.25, -0.2) is 0 Å². The van der Waals surface area contributed by atoms with Crippen molar-refractivity contribution in [3.63, 3.8) is 0 Å². The fraction of sp³-hybridized carbons (Fsp3) is 0.538. The molecule has 0 aliphatic carbocycles. The van der Waals surface area contributed by atoms with Gasteiger partial charge in [0.2, 0.25) is 0 Å². The molecular formula is C26H38N2O4. The number of aromatic hydroxyl groups is 2. The third-order valence-corrected chi connectivity index (χ3v) is 6.05. The number of unbranched alkanes of at least 4 members (excludes halogenated alkanes) is 2. The molecule has 0 spiro atoms.